The zero-order chi connectivity index (χ0) is 88.4. The average molecular weight is 1830 g/mol. The van der Waals surface area contributed by atoms with Gasteiger partial charge in [-0.3, -0.25) is 0 Å². The molecule has 0 radical (unpaired) electrons. The number of allylic oxidation sites excluding steroid dienone is 14. The second-order valence-corrected chi connectivity index (χ2v) is 58.4. The van der Waals surface area contributed by atoms with Crippen molar-refractivity contribution in [2.45, 2.75) is 124 Å². The van der Waals surface area contributed by atoms with E-state index in [0.29, 0.717) is 0 Å². The second-order valence-electron chi connectivity index (χ2n) is 58.4. The van der Waals surface area contributed by atoms with Crippen LogP contribution in [0.2, 0.25) is 0 Å². The molecule has 150 heavy (non-hydrogen) atoms. The van der Waals surface area contributed by atoms with Crippen LogP contribution in [0.25, 0.3) is 582 Å². The quantitative estimate of drug-likeness (QED) is 0.105. The zero-order valence-electron chi connectivity index (χ0n) is 78.3. The van der Waals surface area contributed by atoms with Gasteiger partial charge in [-0.25, -0.2) is 0 Å². The third-order valence-corrected chi connectivity index (χ3v) is 57.9. The van der Waals surface area contributed by atoms with Crippen LogP contribution in [0.5, 0.6) is 0 Å². The molecule has 0 fully saturated rings. The fourth-order valence-electron chi connectivity index (χ4n) is 57.2. The van der Waals surface area contributed by atoms with Crippen LogP contribution in [0, 0.1) is 0 Å². The van der Waals surface area contributed by atoms with Gasteiger partial charge in [0, 0.05) is 21.7 Å². The maximum absolute atomic E-state index is 1.90. The minimum atomic E-state index is -0.222. The third kappa shape index (κ3) is 3.26. The number of rotatable bonds is 0. The summed E-state index contributed by atoms with van der Waals surface area (Å²) in [5.74, 6) is 0. The molecule has 0 heterocycles. The largest absolute Gasteiger partial charge is 0.0653 e. The molecule has 0 unspecified atom stereocenters. The van der Waals surface area contributed by atoms with Crippen molar-refractivity contribution in [2.24, 2.45) is 0 Å². The summed E-state index contributed by atoms with van der Waals surface area (Å²) in [5.41, 5.74) is 40.4. The van der Waals surface area contributed by atoms with Gasteiger partial charge in [-0.1, -0.05) is 78.0 Å². The summed E-state index contributed by atoms with van der Waals surface area (Å²) in [4.78, 5) is 0. The molecule has 16 aliphatic rings. The Hall–Kier alpha value is -16.9. The van der Waals surface area contributed by atoms with E-state index in [0.717, 1.165) is 0 Å². The summed E-state index contributed by atoms with van der Waals surface area (Å²) in [6.45, 7) is 0. The molecule has 0 N–H and O–H groups in total. The van der Waals surface area contributed by atoms with E-state index < -0.39 is 0 Å². The van der Waals surface area contributed by atoms with E-state index in [9.17, 15) is 0 Å². The molecule has 0 nitrogen and oxygen atoms in total. The first-order chi connectivity index (χ1) is 74.7. The molecule has 0 saturated carbocycles. The monoisotopic (exact) mass is 1830 g/mol. The second kappa shape index (κ2) is 13.3. The van der Waals surface area contributed by atoms with Gasteiger partial charge >= 0.3 is 0 Å². The Balaban J connectivity index is 0.376. The molecule has 56 aromatic carbocycles. The molecule has 0 saturated heterocycles. The van der Waals surface area contributed by atoms with Gasteiger partial charge in [0.1, 0.15) is 0 Å². The van der Waals surface area contributed by atoms with Crippen molar-refractivity contribution >= 4 is 582 Å². The minimum absolute atomic E-state index is 0.222. The predicted molar refractivity (Wildman–Crippen MR) is 631 cm³/mol. The highest BCUT2D eigenvalue weighted by molar-refractivity contribution is 6.88. The molecule has 0 aliphatic heterocycles. The van der Waals surface area contributed by atoms with Gasteiger partial charge in [0.15, 0.2) is 0 Å². The van der Waals surface area contributed by atoms with Gasteiger partial charge < -0.3 is 0 Å². The van der Waals surface area contributed by atoms with Crippen molar-refractivity contribution in [1.82, 2.24) is 0 Å². The molecular weight excluding hydrogens is 1800 g/mol. The first kappa shape index (κ1) is 56.9. The fourth-order valence-corrected chi connectivity index (χ4v) is 57.2. The van der Waals surface area contributed by atoms with Crippen LogP contribution >= 0.6 is 0 Å². The van der Waals surface area contributed by atoms with Gasteiger partial charge in [0.2, 0.25) is 0 Å². The van der Waals surface area contributed by atoms with E-state index in [-0.39, 0.29) is 21.7 Å². The van der Waals surface area contributed by atoms with Crippen LogP contribution in [0.4, 0.5) is 0 Å². The van der Waals surface area contributed by atoms with Crippen LogP contribution in [0.1, 0.15) is 147 Å². The lowest BCUT2D eigenvalue weighted by molar-refractivity contribution is 0.289. The summed E-state index contributed by atoms with van der Waals surface area (Å²) >= 11 is 0. The lowest BCUT2D eigenvalue weighted by Gasteiger charge is -2.58. The summed E-state index contributed by atoms with van der Waals surface area (Å²) in [6.07, 6.45) is 19.3. The third-order valence-electron chi connectivity index (χ3n) is 57.9. The number of hydrogen-bond donors (Lipinski definition) is 0. The highest BCUT2D eigenvalue weighted by Crippen LogP contribution is 2.93. The van der Waals surface area contributed by atoms with Gasteiger partial charge in [-0.05, 0) is 729 Å². The van der Waals surface area contributed by atoms with E-state index in [1.807, 2.05) is 123 Å². The van der Waals surface area contributed by atoms with Crippen LogP contribution in [-0.2, 0) is 21.7 Å². The first-order valence-electron chi connectivity index (χ1n) is 58.1. The Morgan fingerprint density at radius 2 is 0.113 bits per heavy atom. The summed E-state index contributed by atoms with van der Waals surface area (Å²) < 4.78 is 0. The Morgan fingerprint density at radius 1 is 0.0600 bits per heavy atom. The van der Waals surface area contributed by atoms with Gasteiger partial charge in [-0.15, -0.1) is 0 Å². The Bertz CT molecular complexity index is 15300. The number of hydrogen-bond acceptors (Lipinski definition) is 0. The SMILES string of the molecule is C1C2=C(CC3=C1CC1=C(C3)CC3=C(C1)CC14c5c6c7c8c9c%10c(c%11c%12c1c1c5c5c%13c6c6c7c7c9c9c%14c%10c%10c%11c%11c%12c%12c1c1c5c5c%13c%13c6c6c7c9c7c9c%14c%10c%10c%11c%11c%12c1c1c5c5c%13c6c7c6c9c%10c%11c1c56)C84C3)CC1=C(C2)CC2=C(C1)CC1=C(C2)CC23c4c5c6c7c8c9c(c%10c%11c2c2c4c4c%12c5c5c6c6c8c8c%13c9c9c%10c%10c%11c%11c2c2c4c4c%12c%12c5c5c6c8c6c8c%13c9c9c%10c%10c%11c2c2c4c4c%12c5c6c5c8c9c%10c2c45)C73C1. The molecule has 0 atom stereocenters. The smallest absolute Gasteiger partial charge is 0.0406 e. The molecule has 0 heteroatoms. The molecule has 56 aromatic rings. The van der Waals surface area contributed by atoms with E-state index in [2.05, 4.69) is 0 Å². The topological polar surface area (TPSA) is 0 Å². The van der Waals surface area contributed by atoms with Crippen LogP contribution in [-0.4, -0.2) is 0 Å². The highest BCUT2D eigenvalue weighted by Gasteiger charge is 2.75. The fraction of sp³-hybridized carbons (Fsp3) is 0.133. The van der Waals surface area contributed by atoms with Crippen molar-refractivity contribution in [3.05, 3.63) is 123 Å². The molecule has 16 aliphatic carbocycles. The van der Waals surface area contributed by atoms with Crippen LogP contribution < -0.4 is 0 Å². The zero-order valence-corrected chi connectivity index (χ0v) is 78.3. The highest BCUT2D eigenvalue weighted by atomic mass is 14.8. The Kier molecular flexibility index (Phi) is 5.04. The first-order valence-corrected chi connectivity index (χ1v) is 58.1. The lowest BCUT2D eigenvalue weighted by Crippen LogP contribution is -2.54. The Labute approximate surface area is 822 Å². The van der Waals surface area contributed by atoms with Gasteiger partial charge in [0.25, 0.3) is 0 Å². The Morgan fingerprint density at radius 3 is 0.180 bits per heavy atom. The maximum Gasteiger partial charge on any atom is 0.0406 e. The normalized spacial score (nSPS) is 25.0. The van der Waals surface area contributed by atoms with Gasteiger partial charge in [-0.2, -0.15) is 0 Å². The van der Waals surface area contributed by atoms with Crippen LogP contribution in [0.3, 0.4) is 0 Å². The van der Waals surface area contributed by atoms with E-state index >= 15 is 0 Å². The van der Waals surface area contributed by atoms with E-state index in [1.165, 1.54) is 103 Å². The van der Waals surface area contributed by atoms with Crippen molar-refractivity contribution in [3.8, 4) is 0 Å². The van der Waals surface area contributed by atoms with E-state index in [1.54, 1.807) is 582 Å². The summed E-state index contributed by atoms with van der Waals surface area (Å²) in [7, 11) is 0. The van der Waals surface area contributed by atoms with Gasteiger partial charge in [0.05, 0.1) is 0 Å². The molecule has 4 spiro atoms. The van der Waals surface area contributed by atoms with Crippen molar-refractivity contribution in [2.75, 3.05) is 0 Å². The number of benzene rings is 36. The molecule has 0 aromatic heterocycles. The molecule has 72 rings (SSSR count). The molecule has 0 bridgehead atoms. The minimum Gasteiger partial charge on any atom is -0.0653 e. The van der Waals surface area contributed by atoms with Crippen molar-refractivity contribution < 1.29 is 0 Å². The van der Waals surface area contributed by atoms with Crippen molar-refractivity contribution in [1.29, 1.82) is 0 Å². The summed E-state index contributed by atoms with van der Waals surface area (Å²) in [6, 6.07) is 0. The van der Waals surface area contributed by atoms with Crippen LogP contribution in [0.15, 0.2) is 78.0 Å². The average Bonchev–Trinajstić information content (AvgIpc) is 1.38. The molecule has 0 amide bonds. The lowest BCUT2D eigenvalue weighted by atomic mass is 9.42. The molecule has 632 valence electrons. The summed E-state index contributed by atoms with van der Waals surface area (Å²) in [5, 5.41) is 186. The standard InChI is InChI=1S/C150H32/c1-17-2-21-7-25-11-29-15-149-143-127-111-91-71-55-39-33-34-41-49-47(39)63-77-65(49)85-73-57(41)58-42(34)50-48-40(33)56(55)72-84-64(48)78-66(50)86-74(58)94-93(73)113-101(85)121-105(77)119(99(111)83(63)71)135(143)137(121)145-129(113)130-114(94)102(86)122-106(78)120-100(84)112(92(72)91)128(127)144(149)136(120)138(122)146(130)150(145,149)16-30(29)12-26(25)8-22(21)4-18(17)3-20-6-24-10-28-14-148-141-125-109-89-69-53-37-32-31-35-43-45(37)61-75-59(43)79-67-51(35)52-36(31)44-46-38(32)54(53)70-82-62(46)76-60(44)80-68(52)88-87(67)107-95(79)115-103(75)117(97(109)81(61)69)133(141)131(115)139-123(107)124-108(88)96(80)116-104(76)118-98(82)110(90(70)89)126(125)142(148)134(118)132(116)140(124)147(139,148)13-27(28)9-23(24)5-19(1)20/h1-16H2. The van der Waals surface area contributed by atoms with Crippen molar-refractivity contribution in [3.63, 3.8) is 0 Å². The van der Waals surface area contributed by atoms with E-state index in [4.69, 9.17) is 0 Å². The predicted octanol–water partition coefficient (Wildman–Crippen LogP) is 41.0. The molecular formula is C150H32. The maximum atomic E-state index is 1.90.